The van der Waals surface area contributed by atoms with Crippen molar-refractivity contribution in [3.63, 3.8) is 0 Å². The van der Waals surface area contributed by atoms with Crippen LogP contribution in [0.15, 0.2) is 22.7 Å². The van der Waals surface area contributed by atoms with E-state index in [2.05, 4.69) is 15.9 Å². The summed E-state index contributed by atoms with van der Waals surface area (Å²) in [6.07, 6.45) is 1.78. The zero-order valence-electron chi connectivity index (χ0n) is 11.2. The maximum absolute atomic E-state index is 12.5. The van der Waals surface area contributed by atoms with Crippen LogP contribution in [0.3, 0.4) is 0 Å². The van der Waals surface area contributed by atoms with Gasteiger partial charge in [0.2, 0.25) is 0 Å². The Balaban J connectivity index is 2.18. The quantitative estimate of drug-likeness (QED) is 0.856. The van der Waals surface area contributed by atoms with Gasteiger partial charge in [0.25, 0.3) is 5.91 Å². The van der Waals surface area contributed by atoms with Crippen molar-refractivity contribution >= 4 is 21.8 Å². The molecule has 0 radical (unpaired) electrons. The standard InChI is InChI=1S/C14H18BrNO3/c1-16(11-5-7-19-8-6-11)14(17)12-4-3-10(15)9-13(12)18-2/h3-4,9,11H,5-8H2,1-2H3. The van der Waals surface area contributed by atoms with Crippen LogP contribution in [0.5, 0.6) is 5.75 Å². The lowest BCUT2D eigenvalue weighted by Crippen LogP contribution is -2.40. The summed E-state index contributed by atoms with van der Waals surface area (Å²) in [4.78, 5) is 14.3. The minimum absolute atomic E-state index is 0.00347. The first kappa shape index (κ1) is 14.3. The molecular formula is C14H18BrNO3. The van der Waals surface area contributed by atoms with Gasteiger partial charge >= 0.3 is 0 Å². The molecule has 1 aromatic rings. The molecule has 1 aromatic carbocycles. The average Bonchev–Trinajstić information content (AvgIpc) is 2.46. The van der Waals surface area contributed by atoms with Crippen molar-refractivity contribution in [1.29, 1.82) is 0 Å². The van der Waals surface area contributed by atoms with Crippen LogP contribution in [0, 0.1) is 0 Å². The molecule has 1 amide bonds. The van der Waals surface area contributed by atoms with Crippen molar-refractivity contribution in [3.8, 4) is 5.75 Å². The highest BCUT2D eigenvalue weighted by atomic mass is 79.9. The lowest BCUT2D eigenvalue weighted by atomic mass is 10.1. The van der Waals surface area contributed by atoms with Gasteiger partial charge in [0.05, 0.1) is 12.7 Å². The summed E-state index contributed by atoms with van der Waals surface area (Å²) in [6, 6.07) is 5.70. The van der Waals surface area contributed by atoms with Gasteiger partial charge in [-0.3, -0.25) is 4.79 Å². The third kappa shape index (κ3) is 3.28. The van der Waals surface area contributed by atoms with E-state index in [-0.39, 0.29) is 11.9 Å². The molecule has 4 nitrogen and oxygen atoms in total. The van der Waals surface area contributed by atoms with Crippen molar-refractivity contribution in [1.82, 2.24) is 4.90 Å². The van der Waals surface area contributed by atoms with Gasteiger partial charge in [-0.1, -0.05) is 15.9 Å². The minimum atomic E-state index is -0.00347. The van der Waals surface area contributed by atoms with E-state index < -0.39 is 0 Å². The van der Waals surface area contributed by atoms with E-state index in [1.807, 2.05) is 19.2 Å². The molecule has 1 saturated heterocycles. The number of nitrogens with zero attached hydrogens (tertiary/aromatic N) is 1. The normalized spacial score (nSPS) is 16.2. The minimum Gasteiger partial charge on any atom is -0.496 e. The van der Waals surface area contributed by atoms with E-state index in [9.17, 15) is 4.79 Å². The Hall–Kier alpha value is -1.07. The fraction of sp³-hybridized carbons (Fsp3) is 0.500. The molecule has 0 aliphatic carbocycles. The molecule has 1 fully saturated rings. The highest BCUT2D eigenvalue weighted by Crippen LogP contribution is 2.26. The summed E-state index contributed by atoms with van der Waals surface area (Å²) >= 11 is 3.38. The second kappa shape index (κ2) is 6.39. The molecule has 1 aliphatic heterocycles. The Morgan fingerprint density at radius 3 is 2.74 bits per heavy atom. The number of rotatable bonds is 3. The molecule has 0 unspecified atom stereocenters. The molecule has 0 N–H and O–H groups in total. The summed E-state index contributed by atoms with van der Waals surface area (Å²) in [6.45, 7) is 1.44. The lowest BCUT2D eigenvalue weighted by molar-refractivity contribution is 0.0360. The summed E-state index contributed by atoms with van der Waals surface area (Å²) in [5.74, 6) is 0.592. The smallest absolute Gasteiger partial charge is 0.257 e. The number of hydrogen-bond acceptors (Lipinski definition) is 3. The van der Waals surface area contributed by atoms with E-state index in [0.29, 0.717) is 11.3 Å². The largest absolute Gasteiger partial charge is 0.496 e. The molecule has 19 heavy (non-hydrogen) atoms. The Kier molecular flexibility index (Phi) is 4.82. The highest BCUT2D eigenvalue weighted by Gasteiger charge is 2.25. The second-order valence-electron chi connectivity index (χ2n) is 4.60. The van der Waals surface area contributed by atoms with Crippen LogP contribution in [0.2, 0.25) is 0 Å². The third-order valence-electron chi connectivity index (χ3n) is 3.45. The number of benzene rings is 1. The zero-order chi connectivity index (χ0) is 13.8. The van der Waals surface area contributed by atoms with E-state index in [1.54, 1.807) is 18.1 Å². The van der Waals surface area contributed by atoms with Crippen LogP contribution >= 0.6 is 15.9 Å². The van der Waals surface area contributed by atoms with Crippen molar-refractivity contribution in [2.45, 2.75) is 18.9 Å². The lowest BCUT2D eigenvalue weighted by Gasteiger charge is -2.31. The van der Waals surface area contributed by atoms with Crippen molar-refractivity contribution < 1.29 is 14.3 Å². The van der Waals surface area contributed by atoms with Crippen molar-refractivity contribution in [3.05, 3.63) is 28.2 Å². The molecule has 2 rings (SSSR count). The zero-order valence-corrected chi connectivity index (χ0v) is 12.8. The van der Waals surface area contributed by atoms with Gasteiger partial charge < -0.3 is 14.4 Å². The monoisotopic (exact) mass is 327 g/mol. The van der Waals surface area contributed by atoms with Crippen LogP contribution in [-0.4, -0.2) is 44.2 Å². The predicted molar refractivity (Wildman–Crippen MR) is 76.6 cm³/mol. The first-order valence-corrected chi connectivity index (χ1v) is 7.11. The number of carbonyl (C=O) groups excluding carboxylic acids is 1. The van der Waals surface area contributed by atoms with Crippen molar-refractivity contribution in [2.75, 3.05) is 27.4 Å². The highest BCUT2D eigenvalue weighted by molar-refractivity contribution is 9.10. The molecule has 1 aliphatic rings. The van der Waals surface area contributed by atoms with Crippen molar-refractivity contribution in [2.24, 2.45) is 0 Å². The number of methoxy groups -OCH3 is 1. The fourth-order valence-electron chi connectivity index (χ4n) is 2.27. The summed E-state index contributed by atoms with van der Waals surface area (Å²) in [5, 5.41) is 0. The van der Waals surface area contributed by atoms with Crippen LogP contribution < -0.4 is 4.74 Å². The third-order valence-corrected chi connectivity index (χ3v) is 3.95. The molecule has 1 heterocycles. The number of halogens is 1. The Labute approximate surface area is 121 Å². The Bertz CT molecular complexity index is 458. The molecule has 0 aromatic heterocycles. The number of ether oxygens (including phenoxy) is 2. The van der Waals surface area contributed by atoms with Gasteiger partial charge in [0.15, 0.2) is 0 Å². The SMILES string of the molecule is COc1cc(Br)ccc1C(=O)N(C)C1CCOCC1. The summed E-state index contributed by atoms with van der Waals surface area (Å²) < 4.78 is 11.5. The molecule has 104 valence electrons. The van der Waals surface area contributed by atoms with Crippen LogP contribution in [0.25, 0.3) is 0 Å². The van der Waals surface area contributed by atoms with E-state index in [4.69, 9.17) is 9.47 Å². The van der Waals surface area contributed by atoms with Gasteiger partial charge in [-0.15, -0.1) is 0 Å². The Morgan fingerprint density at radius 1 is 1.42 bits per heavy atom. The maximum Gasteiger partial charge on any atom is 0.257 e. The van der Waals surface area contributed by atoms with Gasteiger partial charge in [-0.2, -0.15) is 0 Å². The molecule has 0 spiro atoms. The molecule has 5 heteroatoms. The predicted octanol–water partition coefficient (Wildman–Crippen LogP) is 2.71. The topological polar surface area (TPSA) is 38.8 Å². The molecule has 0 atom stereocenters. The maximum atomic E-state index is 12.5. The van der Waals surface area contributed by atoms with Crippen LogP contribution in [0.1, 0.15) is 23.2 Å². The van der Waals surface area contributed by atoms with Gasteiger partial charge in [0.1, 0.15) is 5.75 Å². The number of hydrogen-bond donors (Lipinski definition) is 0. The van der Waals surface area contributed by atoms with Crippen LogP contribution in [0.4, 0.5) is 0 Å². The first-order chi connectivity index (χ1) is 9.13. The van der Waals surface area contributed by atoms with Gasteiger partial charge in [-0.25, -0.2) is 0 Å². The van der Waals surface area contributed by atoms with Gasteiger partial charge in [0, 0.05) is 30.8 Å². The second-order valence-corrected chi connectivity index (χ2v) is 5.52. The van der Waals surface area contributed by atoms with Gasteiger partial charge in [-0.05, 0) is 31.0 Å². The number of amides is 1. The summed E-state index contributed by atoms with van der Waals surface area (Å²) in [7, 11) is 3.42. The summed E-state index contributed by atoms with van der Waals surface area (Å²) in [5.41, 5.74) is 0.597. The molecule has 0 bridgehead atoms. The van der Waals surface area contributed by atoms with E-state index in [0.717, 1.165) is 30.5 Å². The average molecular weight is 328 g/mol. The molecular weight excluding hydrogens is 310 g/mol. The van der Waals surface area contributed by atoms with E-state index in [1.165, 1.54) is 0 Å². The molecule has 0 saturated carbocycles. The van der Waals surface area contributed by atoms with E-state index >= 15 is 0 Å². The fourth-order valence-corrected chi connectivity index (χ4v) is 2.61. The van der Waals surface area contributed by atoms with Crippen LogP contribution in [-0.2, 0) is 4.74 Å². The Morgan fingerprint density at radius 2 is 2.11 bits per heavy atom. The number of carbonyl (C=O) groups is 1. The first-order valence-electron chi connectivity index (χ1n) is 6.32.